The van der Waals surface area contributed by atoms with Gasteiger partial charge in [0.25, 0.3) is 5.91 Å². The third-order valence-corrected chi connectivity index (χ3v) is 4.05. The van der Waals surface area contributed by atoms with Gasteiger partial charge < -0.3 is 10.6 Å². The van der Waals surface area contributed by atoms with Crippen molar-refractivity contribution in [3.05, 3.63) is 17.0 Å². The minimum absolute atomic E-state index is 0.142. The van der Waals surface area contributed by atoms with Gasteiger partial charge in [0.2, 0.25) is 5.91 Å². The first-order chi connectivity index (χ1) is 10.9. The maximum atomic E-state index is 11.8. The van der Waals surface area contributed by atoms with Crippen LogP contribution in [0, 0.1) is 13.8 Å². The second-order valence-electron chi connectivity index (χ2n) is 5.63. The van der Waals surface area contributed by atoms with Crippen LogP contribution in [0.5, 0.6) is 0 Å². The molecule has 0 unspecified atom stereocenters. The van der Waals surface area contributed by atoms with E-state index in [4.69, 9.17) is 0 Å². The number of hydrogen-bond donors (Lipinski definition) is 3. The second-order valence-corrected chi connectivity index (χ2v) is 5.63. The number of carbonyl (C=O) groups excluding carboxylic acids is 3. The van der Waals surface area contributed by atoms with Crippen molar-refractivity contribution in [2.75, 3.05) is 6.54 Å². The van der Waals surface area contributed by atoms with Gasteiger partial charge in [0.05, 0.1) is 12.2 Å². The highest BCUT2D eigenvalue weighted by molar-refractivity contribution is 6.04. The van der Waals surface area contributed by atoms with Crippen LogP contribution >= 0.6 is 0 Å². The molecular formula is C15H23N5O3. The molecule has 8 nitrogen and oxygen atoms in total. The Labute approximate surface area is 135 Å². The van der Waals surface area contributed by atoms with E-state index in [1.54, 1.807) is 0 Å². The highest BCUT2D eigenvalue weighted by Crippen LogP contribution is 2.13. The first kappa shape index (κ1) is 17.0. The number of hydrogen-bond acceptors (Lipinski definition) is 4. The Morgan fingerprint density at radius 3 is 2.65 bits per heavy atom. The van der Waals surface area contributed by atoms with Gasteiger partial charge in [0, 0.05) is 18.7 Å². The summed E-state index contributed by atoms with van der Waals surface area (Å²) in [5, 5.41) is 11.9. The lowest BCUT2D eigenvalue weighted by Crippen LogP contribution is -2.33. The number of amides is 4. The molecule has 126 valence electrons. The van der Waals surface area contributed by atoms with Crippen LogP contribution in [-0.4, -0.2) is 40.2 Å². The largest absolute Gasteiger partial charge is 0.354 e. The molecule has 1 saturated heterocycles. The molecule has 3 N–H and O–H groups in total. The fourth-order valence-electron chi connectivity index (χ4n) is 2.79. The van der Waals surface area contributed by atoms with Crippen LogP contribution in [-0.2, 0) is 22.6 Å². The van der Waals surface area contributed by atoms with E-state index in [1.807, 2.05) is 18.5 Å². The Bertz CT molecular complexity index is 623. The van der Waals surface area contributed by atoms with Gasteiger partial charge in [0.15, 0.2) is 0 Å². The summed E-state index contributed by atoms with van der Waals surface area (Å²) in [5.74, 6) is -0.520. The van der Waals surface area contributed by atoms with E-state index in [1.165, 1.54) is 5.56 Å². The maximum Gasteiger partial charge on any atom is 0.322 e. The Kier molecular flexibility index (Phi) is 5.36. The van der Waals surface area contributed by atoms with Crippen LogP contribution in [0.3, 0.4) is 0 Å². The molecule has 0 radical (unpaired) electrons. The van der Waals surface area contributed by atoms with E-state index in [-0.39, 0.29) is 18.2 Å². The van der Waals surface area contributed by atoms with Crippen molar-refractivity contribution in [3.63, 3.8) is 0 Å². The van der Waals surface area contributed by atoms with Crippen molar-refractivity contribution < 1.29 is 14.4 Å². The number of aryl methyl sites for hydroxylation is 1. The standard InChI is InChI=1S/C15H23N5O3/c1-4-11-9(2)19-20(10(11)3)8-7-16-13(21)6-5-12-14(22)18-15(23)17-12/h12H,4-8H2,1-3H3,(H,16,21)(H2,17,18,22,23)/t12-/m1/s1. The summed E-state index contributed by atoms with van der Waals surface area (Å²) in [7, 11) is 0. The fraction of sp³-hybridized carbons (Fsp3) is 0.600. The third kappa shape index (κ3) is 4.08. The third-order valence-electron chi connectivity index (χ3n) is 4.05. The topological polar surface area (TPSA) is 105 Å². The van der Waals surface area contributed by atoms with E-state index in [0.29, 0.717) is 19.5 Å². The highest BCUT2D eigenvalue weighted by atomic mass is 16.2. The highest BCUT2D eigenvalue weighted by Gasteiger charge is 2.29. The van der Waals surface area contributed by atoms with Gasteiger partial charge in [0.1, 0.15) is 6.04 Å². The van der Waals surface area contributed by atoms with Crippen molar-refractivity contribution in [1.29, 1.82) is 0 Å². The molecule has 0 aromatic carbocycles. The van der Waals surface area contributed by atoms with E-state index in [2.05, 4.69) is 28.0 Å². The first-order valence-corrected chi connectivity index (χ1v) is 7.83. The maximum absolute atomic E-state index is 11.8. The van der Waals surface area contributed by atoms with Crippen LogP contribution in [0.15, 0.2) is 0 Å². The molecule has 1 aromatic rings. The van der Waals surface area contributed by atoms with Gasteiger partial charge in [-0.25, -0.2) is 4.79 Å². The fourth-order valence-corrected chi connectivity index (χ4v) is 2.79. The van der Waals surface area contributed by atoms with E-state index in [0.717, 1.165) is 17.8 Å². The number of imide groups is 1. The molecule has 1 atom stereocenters. The number of urea groups is 1. The lowest BCUT2D eigenvalue weighted by atomic mass is 10.1. The van der Waals surface area contributed by atoms with Gasteiger partial charge in [-0.3, -0.25) is 19.6 Å². The molecule has 2 rings (SSSR count). The van der Waals surface area contributed by atoms with Crippen molar-refractivity contribution in [2.24, 2.45) is 0 Å². The Hall–Kier alpha value is -2.38. The van der Waals surface area contributed by atoms with Crippen molar-refractivity contribution in [1.82, 2.24) is 25.7 Å². The van der Waals surface area contributed by atoms with Gasteiger partial charge in [-0.15, -0.1) is 0 Å². The second kappa shape index (κ2) is 7.26. The van der Waals surface area contributed by atoms with Gasteiger partial charge in [-0.05, 0) is 32.3 Å². The van der Waals surface area contributed by atoms with E-state index < -0.39 is 12.1 Å². The Morgan fingerprint density at radius 1 is 1.35 bits per heavy atom. The van der Waals surface area contributed by atoms with Gasteiger partial charge in [-0.2, -0.15) is 5.10 Å². The van der Waals surface area contributed by atoms with Crippen LogP contribution in [0.25, 0.3) is 0 Å². The van der Waals surface area contributed by atoms with Crippen molar-refractivity contribution >= 4 is 17.8 Å². The van der Waals surface area contributed by atoms with E-state index in [9.17, 15) is 14.4 Å². The number of nitrogens with zero attached hydrogens (tertiary/aromatic N) is 2. The SMILES string of the molecule is CCc1c(C)nn(CCNC(=O)CC[C@H]2NC(=O)NC2=O)c1C. The number of rotatable bonds is 7. The van der Waals surface area contributed by atoms with Crippen LogP contribution in [0.1, 0.15) is 36.7 Å². The molecule has 23 heavy (non-hydrogen) atoms. The molecule has 0 spiro atoms. The molecule has 0 aliphatic carbocycles. The smallest absolute Gasteiger partial charge is 0.322 e. The normalized spacial score (nSPS) is 17.1. The summed E-state index contributed by atoms with van der Waals surface area (Å²) in [6.07, 6.45) is 1.43. The van der Waals surface area contributed by atoms with Gasteiger partial charge >= 0.3 is 6.03 Å². The number of carbonyl (C=O) groups is 3. The minimum atomic E-state index is -0.614. The van der Waals surface area contributed by atoms with E-state index >= 15 is 0 Å². The summed E-state index contributed by atoms with van der Waals surface area (Å²) in [6.45, 7) is 7.21. The Morgan fingerprint density at radius 2 is 2.09 bits per heavy atom. The van der Waals surface area contributed by atoms with Gasteiger partial charge in [-0.1, -0.05) is 6.92 Å². The van der Waals surface area contributed by atoms with Crippen LogP contribution in [0.4, 0.5) is 4.79 Å². The summed E-state index contributed by atoms with van der Waals surface area (Å²) in [6, 6.07) is -1.12. The zero-order valence-electron chi connectivity index (χ0n) is 13.7. The molecule has 4 amide bonds. The van der Waals surface area contributed by atoms with Crippen molar-refractivity contribution in [2.45, 2.75) is 52.6 Å². The van der Waals surface area contributed by atoms with Crippen LogP contribution < -0.4 is 16.0 Å². The molecule has 1 aliphatic rings. The summed E-state index contributed by atoms with van der Waals surface area (Å²) in [5.41, 5.74) is 3.41. The molecule has 1 aliphatic heterocycles. The Balaban J connectivity index is 1.73. The molecule has 2 heterocycles. The van der Waals surface area contributed by atoms with Crippen molar-refractivity contribution in [3.8, 4) is 0 Å². The zero-order chi connectivity index (χ0) is 17.0. The zero-order valence-corrected chi connectivity index (χ0v) is 13.7. The quantitative estimate of drug-likeness (QED) is 0.622. The molecule has 0 bridgehead atoms. The lowest BCUT2D eigenvalue weighted by molar-refractivity contribution is -0.122. The number of aromatic nitrogens is 2. The predicted molar refractivity (Wildman–Crippen MR) is 83.8 cm³/mol. The average molecular weight is 321 g/mol. The average Bonchev–Trinajstić information content (AvgIpc) is 2.95. The summed E-state index contributed by atoms with van der Waals surface area (Å²) >= 11 is 0. The predicted octanol–water partition coefficient (Wildman–Crippen LogP) is 0.167. The molecule has 8 heteroatoms. The minimum Gasteiger partial charge on any atom is -0.354 e. The van der Waals surface area contributed by atoms with Crippen LogP contribution in [0.2, 0.25) is 0 Å². The monoisotopic (exact) mass is 321 g/mol. The molecular weight excluding hydrogens is 298 g/mol. The summed E-state index contributed by atoms with van der Waals surface area (Å²) in [4.78, 5) is 34.1. The lowest BCUT2D eigenvalue weighted by Gasteiger charge is -2.09. The number of nitrogens with one attached hydrogen (secondary N) is 3. The summed E-state index contributed by atoms with van der Waals surface area (Å²) < 4.78 is 1.90. The first-order valence-electron chi connectivity index (χ1n) is 7.83. The molecule has 0 saturated carbocycles. The molecule has 1 fully saturated rings. The molecule has 1 aromatic heterocycles.